The van der Waals surface area contributed by atoms with Crippen molar-refractivity contribution in [1.29, 1.82) is 0 Å². The Hall–Kier alpha value is -4.15. The Morgan fingerprint density at radius 2 is 1.73 bits per heavy atom. The first-order valence-electron chi connectivity index (χ1n) is 8.54. The molecule has 0 unspecified atom stereocenters. The molecule has 0 saturated carbocycles. The minimum Gasteiger partial charge on any atom is -0.493 e. The number of nitro groups is 1. The van der Waals surface area contributed by atoms with Crippen molar-refractivity contribution in [2.24, 2.45) is 5.10 Å². The molecule has 2 aromatic rings. The van der Waals surface area contributed by atoms with Crippen molar-refractivity contribution in [2.75, 3.05) is 27.9 Å². The van der Waals surface area contributed by atoms with Gasteiger partial charge in [-0.1, -0.05) is 12.1 Å². The Bertz CT molecular complexity index is 950. The highest BCUT2D eigenvalue weighted by Crippen LogP contribution is 2.38. The molecule has 0 aliphatic rings. The zero-order valence-electron chi connectivity index (χ0n) is 16.5. The van der Waals surface area contributed by atoms with Crippen LogP contribution < -0.4 is 25.0 Å². The van der Waals surface area contributed by atoms with E-state index in [0.29, 0.717) is 17.2 Å². The van der Waals surface area contributed by atoms with Gasteiger partial charge < -0.3 is 19.5 Å². The molecule has 0 aliphatic heterocycles. The third-order valence-corrected chi connectivity index (χ3v) is 3.86. The quantitative estimate of drug-likeness (QED) is 0.358. The van der Waals surface area contributed by atoms with Gasteiger partial charge in [0, 0.05) is 11.6 Å². The molecule has 2 N–H and O–H groups in total. The van der Waals surface area contributed by atoms with Crippen LogP contribution in [0.15, 0.2) is 41.5 Å². The zero-order chi connectivity index (χ0) is 22.1. The molecule has 0 fully saturated rings. The van der Waals surface area contributed by atoms with Crippen LogP contribution in [0.1, 0.15) is 15.9 Å². The largest absolute Gasteiger partial charge is 0.493 e. The maximum absolute atomic E-state index is 12.3. The number of hydrazone groups is 1. The van der Waals surface area contributed by atoms with Crippen LogP contribution in [0, 0.1) is 10.1 Å². The molecule has 0 bridgehead atoms. The smallest absolute Gasteiger partial charge is 0.278 e. The maximum Gasteiger partial charge on any atom is 0.278 e. The van der Waals surface area contributed by atoms with Crippen molar-refractivity contribution >= 4 is 23.7 Å². The third-order valence-electron chi connectivity index (χ3n) is 3.86. The molecule has 30 heavy (non-hydrogen) atoms. The van der Waals surface area contributed by atoms with E-state index < -0.39 is 16.7 Å². The van der Waals surface area contributed by atoms with Crippen LogP contribution in [0.5, 0.6) is 17.2 Å². The number of rotatable bonds is 9. The molecular weight excluding hydrogens is 396 g/mol. The van der Waals surface area contributed by atoms with E-state index in [4.69, 9.17) is 14.2 Å². The molecule has 0 spiro atoms. The number of benzene rings is 2. The minimum atomic E-state index is -0.620. The van der Waals surface area contributed by atoms with Gasteiger partial charge >= 0.3 is 0 Å². The average molecular weight is 416 g/mol. The van der Waals surface area contributed by atoms with Gasteiger partial charge in [-0.2, -0.15) is 5.10 Å². The minimum absolute atomic E-state index is 0.147. The third kappa shape index (κ3) is 5.44. The Balaban J connectivity index is 1.98. The Kier molecular flexibility index (Phi) is 7.68. The molecule has 158 valence electrons. The van der Waals surface area contributed by atoms with Crippen LogP contribution in [0.2, 0.25) is 0 Å². The Labute approximate surface area is 171 Å². The highest BCUT2D eigenvalue weighted by atomic mass is 16.6. The van der Waals surface area contributed by atoms with Gasteiger partial charge in [0.2, 0.25) is 5.75 Å². The number of para-hydroxylation sites is 1. The maximum atomic E-state index is 12.3. The topological polar surface area (TPSA) is 141 Å². The lowest BCUT2D eigenvalue weighted by Gasteiger charge is -2.14. The van der Waals surface area contributed by atoms with Gasteiger partial charge in [-0.15, -0.1) is 0 Å². The summed E-state index contributed by atoms with van der Waals surface area (Å²) in [4.78, 5) is 34.6. The van der Waals surface area contributed by atoms with Crippen LogP contribution in [0.25, 0.3) is 0 Å². The monoisotopic (exact) mass is 416 g/mol. The molecule has 2 amide bonds. The van der Waals surface area contributed by atoms with Crippen molar-refractivity contribution in [3.05, 3.63) is 57.6 Å². The first-order valence-corrected chi connectivity index (χ1v) is 8.54. The predicted octanol–water partition coefficient (Wildman–Crippen LogP) is 1.50. The summed E-state index contributed by atoms with van der Waals surface area (Å²) in [6.07, 6.45) is 1.15. The number of amides is 2. The van der Waals surface area contributed by atoms with E-state index in [2.05, 4.69) is 15.8 Å². The number of nitro benzene ring substituents is 1. The van der Waals surface area contributed by atoms with Crippen LogP contribution in [0.4, 0.5) is 5.69 Å². The normalized spacial score (nSPS) is 10.4. The molecule has 0 heterocycles. The Morgan fingerprint density at radius 3 is 2.30 bits per heavy atom. The molecule has 0 aromatic heterocycles. The lowest BCUT2D eigenvalue weighted by molar-refractivity contribution is -0.385. The van der Waals surface area contributed by atoms with Crippen molar-refractivity contribution in [3.8, 4) is 17.2 Å². The number of carbonyl (C=O) groups is 2. The fourth-order valence-corrected chi connectivity index (χ4v) is 2.45. The summed E-state index contributed by atoms with van der Waals surface area (Å²) in [7, 11) is 4.28. The van der Waals surface area contributed by atoms with E-state index in [0.717, 1.165) is 6.21 Å². The highest BCUT2D eigenvalue weighted by Gasteiger charge is 2.17. The van der Waals surface area contributed by atoms with Crippen molar-refractivity contribution in [1.82, 2.24) is 10.7 Å². The number of nitrogens with one attached hydrogen (secondary N) is 2. The van der Waals surface area contributed by atoms with Gasteiger partial charge in [0.1, 0.15) is 0 Å². The van der Waals surface area contributed by atoms with E-state index in [1.807, 2.05) is 0 Å². The fourth-order valence-electron chi connectivity index (χ4n) is 2.45. The molecule has 0 atom stereocenters. The highest BCUT2D eigenvalue weighted by molar-refractivity contribution is 5.97. The predicted molar refractivity (Wildman–Crippen MR) is 107 cm³/mol. The lowest BCUT2D eigenvalue weighted by Crippen LogP contribution is -2.35. The van der Waals surface area contributed by atoms with E-state index in [-0.39, 0.29) is 23.4 Å². The number of nitrogens with zero attached hydrogens (tertiary/aromatic N) is 2. The summed E-state index contributed by atoms with van der Waals surface area (Å²) >= 11 is 0. The second kappa shape index (κ2) is 10.4. The zero-order valence-corrected chi connectivity index (χ0v) is 16.5. The standard InChI is InChI=1S/C19H20N4O7/c1-28-15-8-13(9-16(29-2)18(15)30-3)19(25)20-11-17(24)22-21-10-12-6-4-5-7-14(12)23(26)27/h4-10H,11H2,1-3H3,(H,20,25)(H,22,24)/b21-10+. The van der Waals surface area contributed by atoms with Gasteiger partial charge in [0.05, 0.1) is 44.6 Å². The molecule has 0 saturated heterocycles. The van der Waals surface area contributed by atoms with Gasteiger partial charge in [-0.05, 0) is 18.2 Å². The van der Waals surface area contributed by atoms with Crippen molar-refractivity contribution in [3.63, 3.8) is 0 Å². The van der Waals surface area contributed by atoms with Gasteiger partial charge in [0.25, 0.3) is 17.5 Å². The van der Waals surface area contributed by atoms with Gasteiger partial charge in [-0.3, -0.25) is 19.7 Å². The number of hydrogen-bond acceptors (Lipinski definition) is 8. The molecule has 0 radical (unpaired) electrons. The number of methoxy groups -OCH3 is 3. The van der Waals surface area contributed by atoms with Gasteiger partial charge in [-0.25, -0.2) is 5.43 Å². The van der Waals surface area contributed by atoms with E-state index in [1.54, 1.807) is 6.07 Å². The average Bonchev–Trinajstić information content (AvgIpc) is 2.76. The molecule has 2 rings (SSSR count). The summed E-state index contributed by atoms with van der Waals surface area (Å²) in [6, 6.07) is 8.82. The van der Waals surface area contributed by atoms with E-state index in [1.165, 1.54) is 51.7 Å². The van der Waals surface area contributed by atoms with Crippen molar-refractivity contribution in [2.45, 2.75) is 0 Å². The summed E-state index contributed by atoms with van der Waals surface area (Å²) in [5.74, 6) is -0.252. The molecule has 11 heteroatoms. The molecule has 11 nitrogen and oxygen atoms in total. The SMILES string of the molecule is COc1cc(C(=O)NCC(=O)N/N=C/c2ccccc2[N+](=O)[O-])cc(OC)c1OC. The van der Waals surface area contributed by atoms with Crippen LogP contribution in [-0.4, -0.2) is 50.8 Å². The second-order valence-corrected chi connectivity index (χ2v) is 5.71. The summed E-state index contributed by atoms with van der Waals surface area (Å²) in [5.41, 5.74) is 2.47. The summed E-state index contributed by atoms with van der Waals surface area (Å²) < 4.78 is 15.6. The van der Waals surface area contributed by atoms with Crippen LogP contribution >= 0.6 is 0 Å². The second-order valence-electron chi connectivity index (χ2n) is 5.71. The number of hydrogen-bond donors (Lipinski definition) is 2. The molecular formula is C19H20N4O7. The summed E-state index contributed by atoms with van der Waals surface area (Å²) in [6.45, 7) is -0.371. The van der Waals surface area contributed by atoms with E-state index in [9.17, 15) is 19.7 Å². The van der Waals surface area contributed by atoms with E-state index >= 15 is 0 Å². The van der Waals surface area contributed by atoms with Crippen molar-refractivity contribution < 1.29 is 28.7 Å². The molecule has 2 aromatic carbocycles. The van der Waals surface area contributed by atoms with Gasteiger partial charge in [0.15, 0.2) is 11.5 Å². The van der Waals surface area contributed by atoms with Crippen LogP contribution in [-0.2, 0) is 4.79 Å². The first kappa shape index (κ1) is 22.1. The summed E-state index contributed by atoms with van der Waals surface area (Å²) in [5, 5.41) is 17.1. The van der Waals surface area contributed by atoms with Crippen LogP contribution in [0.3, 0.4) is 0 Å². The molecule has 0 aliphatic carbocycles. The fraction of sp³-hybridized carbons (Fsp3) is 0.211. The number of carbonyl (C=O) groups excluding carboxylic acids is 2. The first-order chi connectivity index (χ1) is 14.4. The lowest BCUT2D eigenvalue weighted by atomic mass is 10.1. The Morgan fingerprint density at radius 1 is 1.10 bits per heavy atom. The number of ether oxygens (including phenoxy) is 3.